The van der Waals surface area contributed by atoms with E-state index in [0.717, 1.165) is 22.6 Å². The number of pyridine rings is 1. The van der Waals surface area contributed by atoms with Crippen LogP contribution in [0.5, 0.6) is 11.5 Å². The van der Waals surface area contributed by atoms with E-state index in [4.69, 9.17) is 9.47 Å². The molecule has 0 unspecified atom stereocenters. The Morgan fingerprint density at radius 2 is 1.28 bits per heavy atom. The Morgan fingerprint density at radius 1 is 0.791 bits per heavy atom. The molecule has 0 saturated carbocycles. The van der Waals surface area contributed by atoms with Gasteiger partial charge in [0.15, 0.2) is 5.43 Å². The molecule has 0 aliphatic heterocycles. The van der Waals surface area contributed by atoms with Crippen molar-refractivity contribution >= 4 is 24.8 Å². The quantitative estimate of drug-likeness (QED) is 0.147. The third-order valence-electron chi connectivity index (χ3n) is 8.61. The average molecular weight is 599 g/mol. The van der Waals surface area contributed by atoms with Crippen LogP contribution in [0.25, 0.3) is 10.9 Å². The lowest BCUT2D eigenvalue weighted by Gasteiger charge is -2.38. The number of methoxy groups -OCH3 is 2. The molecule has 3 aromatic carbocycles. The summed E-state index contributed by atoms with van der Waals surface area (Å²) in [5, 5.41) is 0.296. The fourth-order valence-corrected chi connectivity index (χ4v) is 11.5. The van der Waals surface area contributed by atoms with Crippen LogP contribution in [-0.2, 0) is 13.1 Å². The Balaban J connectivity index is 1.82. The van der Waals surface area contributed by atoms with E-state index < -0.39 is 13.9 Å². The topological polar surface area (TPSA) is 54.6 Å². The lowest BCUT2D eigenvalue weighted by atomic mass is 10.1. The minimum atomic E-state index is -2.13. The number of nitrogens with one attached hydrogen (secondary N) is 1. The van der Waals surface area contributed by atoms with Gasteiger partial charge in [0.2, 0.25) is 0 Å². The highest BCUT2D eigenvalue weighted by atomic mass is 28.3. The summed E-state index contributed by atoms with van der Waals surface area (Å²) in [6.45, 7) is 14.4. The molecule has 0 saturated heterocycles. The molecule has 5 nitrogen and oxygen atoms in total. The maximum atomic E-state index is 15.4. The number of H-pyrrole nitrogens is 1. The van der Waals surface area contributed by atoms with E-state index >= 15 is 4.39 Å². The lowest BCUT2D eigenvalue weighted by Crippen LogP contribution is -2.43. The second-order valence-electron chi connectivity index (χ2n) is 12.1. The number of rotatable bonds is 10. The standard InChI is InChI=1S/C36H43FN2O3Si/c1-24(2)43(25(3)4,26(5)6)20-19-31-32(37)17-18-33-36(31)34(40)21-35(38-33)39(22-27-9-13-29(41-7)14-10-27)23-28-11-15-30(42-8)16-12-28/h9-18,21,24-26H,22-23H2,1-8H3,(H,38,40). The number of hydrogen-bond acceptors (Lipinski definition) is 4. The van der Waals surface area contributed by atoms with Gasteiger partial charge in [-0.05, 0) is 64.1 Å². The van der Waals surface area contributed by atoms with Crippen LogP contribution >= 0.6 is 0 Å². The third kappa shape index (κ3) is 6.81. The summed E-state index contributed by atoms with van der Waals surface area (Å²) in [5.74, 6) is 4.94. The number of benzene rings is 3. The first-order chi connectivity index (χ1) is 20.5. The number of halogens is 1. The van der Waals surface area contributed by atoms with E-state index in [2.05, 4.69) is 62.9 Å². The molecule has 4 aromatic rings. The molecule has 0 amide bonds. The van der Waals surface area contributed by atoms with Crippen LogP contribution in [0.1, 0.15) is 58.2 Å². The Kier molecular flexibility index (Phi) is 10.0. The van der Waals surface area contributed by atoms with Crippen LogP contribution in [0.4, 0.5) is 10.2 Å². The zero-order valence-electron chi connectivity index (χ0n) is 26.5. The number of fused-ring (bicyclic) bond motifs is 1. The number of aromatic amines is 1. The summed E-state index contributed by atoms with van der Waals surface area (Å²) in [6, 6.07) is 20.3. The van der Waals surface area contributed by atoms with Gasteiger partial charge in [-0.25, -0.2) is 4.39 Å². The van der Waals surface area contributed by atoms with Gasteiger partial charge in [0, 0.05) is 19.2 Å². The van der Waals surface area contributed by atoms with Crippen molar-refractivity contribution in [2.24, 2.45) is 0 Å². The molecule has 0 atom stereocenters. The second kappa shape index (κ2) is 13.5. The summed E-state index contributed by atoms with van der Waals surface area (Å²) >= 11 is 0. The predicted octanol–water partition coefficient (Wildman–Crippen LogP) is 8.46. The molecule has 0 aliphatic carbocycles. The Bertz CT molecular complexity index is 1590. The molecule has 43 heavy (non-hydrogen) atoms. The number of anilines is 1. The maximum absolute atomic E-state index is 15.4. The van der Waals surface area contributed by atoms with Crippen LogP contribution < -0.4 is 19.8 Å². The number of ether oxygens (including phenoxy) is 2. The largest absolute Gasteiger partial charge is 0.497 e. The van der Waals surface area contributed by atoms with Gasteiger partial charge in [0.05, 0.1) is 30.7 Å². The number of nitrogens with zero attached hydrogens (tertiary/aromatic N) is 1. The maximum Gasteiger partial charge on any atom is 0.192 e. The molecule has 0 fully saturated rings. The van der Waals surface area contributed by atoms with E-state index in [1.165, 1.54) is 6.07 Å². The first-order valence-corrected chi connectivity index (χ1v) is 17.1. The molecule has 0 spiro atoms. The molecule has 1 N–H and O–H groups in total. The van der Waals surface area contributed by atoms with E-state index in [-0.39, 0.29) is 11.0 Å². The zero-order chi connectivity index (χ0) is 31.3. The van der Waals surface area contributed by atoms with E-state index in [0.29, 0.717) is 46.4 Å². The fourth-order valence-electron chi connectivity index (χ4n) is 6.33. The smallest absolute Gasteiger partial charge is 0.192 e. The normalized spacial score (nSPS) is 11.6. The Labute approximate surface area is 256 Å². The monoisotopic (exact) mass is 598 g/mol. The first kappa shape index (κ1) is 31.9. The Hall–Kier alpha value is -4.02. The number of aromatic nitrogens is 1. The van der Waals surface area contributed by atoms with E-state index in [9.17, 15) is 4.79 Å². The van der Waals surface area contributed by atoms with Gasteiger partial charge in [-0.1, -0.05) is 71.7 Å². The van der Waals surface area contributed by atoms with Gasteiger partial charge >= 0.3 is 0 Å². The van der Waals surface area contributed by atoms with Gasteiger partial charge in [0.1, 0.15) is 31.2 Å². The van der Waals surface area contributed by atoms with E-state index in [1.54, 1.807) is 26.4 Å². The van der Waals surface area contributed by atoms with Crippen molar-refractivity contribution in [2.45, 2.75) is 71.3 Å². The highest BCUT2D eigenvalue weighted by molar-refractivity contribution is 6.90. The minimum absolute atomic E-state index is 0.181. The molecule has 4 rings (SSSR count). The Morgan fingerprint density at radius 3 is 1.72 bits per heavy atom. The van der Waals surface area contributed by atoms with Crippen LogP contribution in [-0.4, -0.2) is 27.3 Å². The van der Waals surface area contributed by atoms with Gasteiger partial charge in [-0.2, -0.15) is 0 Å². The molecule has 7 heteroatoms. The third-order valence-corrected chi connectivity index (χ3v) is 14.9. The summed E-state index contributed by atoms with van der Waals surface area (Å²) < 4.78 is 26.0. The highest BCUT2D eigenvalue weighted by Crippen LogP contribution is 2.41. The van der Waals surface area contributed by atoms with Crippen LogP contribution in [0, 0.1) is 17.3 Å². The summed E-state index contributed by atoms with van der Waals surface area (Å²) in [4.78, 5) is 19.3. The van der Waals surface area contributed by atoms with Crippen LogP contribution in [0.2, 0.25) is 16.6 Å². The zero-order valence-corrected chi connectivity index (χ0v) is 27.5. The van der Waals surface area contributed by atoms with Crippen molar-refractivity contribution < 1.29 is 13.9 Å². The molecule has 0 bridgehead atoms. The second-order valence-corrected chi connectivity index (χ2v) is 17.6. The van der Waals surface area contributed by atoms with Crippen molar-refractivity contribution in [3.8, 4) is 23.0 Å². The molecular formula is C36H43FN2O3Si. The summed E-state index contributed by atoms with van der Waals surface area (Å²) in [5.41, 5.74) is 7.38. The minimum Gasteiger partial charge on any atom is -0.497 e. The van der Waals surface area contributed by atoms with Crippen LogP contribution in [0.3, 0.4) is 0 Å². The van der Waals surface area contributed by atoms with Crippen molar-refractivity contribution in [1.29, 1.82) is 0 Å². The van der Waals surface area contributed by atoms with Gasteiger partial charge in [0.25, 0.3) is 0 Å². The first-order valence-electron chi connectivity index (χ1n) is 14.9. The molecule has 1 aromatic heterocycles. The van der Waals surface area contributed by atoms with Gasteiger partial charge in [-0.3, -0.25) is 4.79 Å². The molecule has 0 aliphatic rings. The predicted molar refractivity (Wildman–Crippen MR) is 178 cm³/mol. The van der Waals surface area contributed by atoms with Crippen molar-refractivity contribution in [2.75, 3.05) is 19.1 Å². The van der Waals surface area contributed by atoms with Crippen molar-refractivity contribution in [3.63, 3.8) is 0 Å². The molecular weight excluding hydrogens is 555 g/mol. The average Bonchev–Trinajstić information content (AvgIpc) is 2.98. The molecule has 1 heterocycles. The molecule has 226 valence electrons. The summed E-state index contributed by atoms with van der Waals surface area (Å²) in [6.07, 6.45) is 0. The van der Waals surface area contributed by atoms with Crippen LogP contribution in [0.15, 0.2) is 71.5 Å². The van der Waals surface area contributed by atoms with Gasteiger partial charge < -0.3 is 19.4 Å². The van der Waals surface area contributed by atoms with Crippen molar-refractivity contribution in [1.82, 2.24) is 4.98 Å². The van der Waals surface area contributed by atoms with Crippen molar-refractivity contribution in [3.05, 3.63) is 99.5 Å². The van der Waals surface area contributed by atoms with E-state index in [1.807, 2.05) is 48.5 Å². The summed E-state index contributed by atoms with van der Waals surface area (Å²) in [7, 11) is 1.15. The molecule has 0 radical (unpaired) electrons. The van der Waals surface area contributed by atoms with Gasteiger partial charge in [-0.15, -0.1) is 5.54 Å². The highest BCUT2D eigenvalue weighted by Gasteiger charge is 2.41. The lowest BCUT2D eigenvalue weighted by molar-refractivity contribution is 0.414. The SMILES string of the molecule is COc1ccc(CN(Cc2ccc(OC)cc2)c2cc(=O)c3c(C#C[Si](C(C)C)(C(C)C)C(C)C)c(F)ccc3[nH]2)cc1. The fraction of sp³-hybridized carbons (Fsp3) is 0.361. The number of hydrogen-bond donors (Lipinski definition) is 1.